The fourth-order valence-corrected chi connectivity index (χ4v) is 9.84. The quantitative estimate of drug-likeness (QED) is 0.143. The average molecular weight is 914 g/mol. The van der Waals surface area contributed by atoms with Crippen molar-refractivity contribution in [3.8, 4) is 96.3 Å². The summed E-state index contributed by atoms with van der Waals surface area (Å²) in [5.41, 5.74) is 17.6. The van der Waals surface area contributed by atoms with Crippen molar-refractivity contribution in [1.29, 1.82) is 0 Å². The van der Waals surface area contributed by atoms with Crippen LogP contribution in [0.25, 0.3) is 118 Å². The topological polar surface area (TPSA) is 82.3 Å². The second kappa shape index (κ2) is 18.0. The van der Waals surface area contributed by atoms with Gasteiger partial charge >= 0.3 is 0 Å². The first-order valence-corrected chi connectivity index (χ1v) is 23.9. The third-order valence-corrected chi connectivity index (χ3v) is 13.0. The Hall–Kier alpha value is -9.20. The minimum Gasteiger partial charge on any atom is -0.308 e. The highest BCUT2D eigenvalue weighted by molar-refractivity contribution is 6.11. The van der Waals surface area contributed by atoms with E-state index in [-0.39, 0.29) is 0 Å². The maximum atomic E-state index is 5.38. The summed E-state index contributed by atoms with van der Waals surface area (Å²) in [5.74, 6) is 3.35. The van der Waals surface area contributed by atoms with Gasteiger partial charge < -0.3 is 4.57 Å². The highest BCUT2D eigenvalue weighted by Gasteiger charge is 2.23. The van der Waals surface area contributed by atoms with Crippen LogP contribution in [-0.2, 0) is 0 Å². The summed E-state index contributed by atoms with van der Waals surface area (Å²) in [4.78, 5) is 31.3. The van der Waals surface area contributed by atoms with Crippen LogP contribution in [0.3, 0.4) is 0 Å². The van der Waals surface area contributed by atoms with Gasteiger partial charge in [0.1, 0.15) is 0 Å². The number of nitrogens with zero attached hydrogens (tertiary/aromatic N) is 7. The molecule has 0 radical (unpaired) electrons. The van der Waals surface area contributed by atoms with Crippen molar-refractivity contribution in [3.63, 3.8) is 0 Å². The van der Waals surface area contributed by atoms with Gasteiger partial charge in [0.25, 0.3) is 0 Å². The highest BCUT2D eigenvalue weighted by Crippen LogP contribution is 2.41. The molecule has 0 saturated heterocycles. The van der Waals surface area contributed by atoms with E-state index < -0.39 is 0 Å². The van der Waals surface area contributed by atoms with Crippen molar-refractivity contribution in [1.82, 2.24) is 34.5 Å². The van der Waals surface area contributed by atoms with Gasteiger partial charge in [-0.2, -0.15) is 0 Å². The predicted octanol–water partition coefficient (Wildman–Crippen LogP) is 15.7. The van der Waals surface area contributed by atoms with Gasteiger partial charge in [0.15, 0.2) is 34.9 Å². The second-order valence-corrected chi connectivity index (χ2v) is 18.4. The zero-order chi connectivity index (χ0) is 48.0. The highest BCUT2D eigenvalue weighted by atomic mass is 15.1. The maximum Gasteiger partial charge on any atom is 0.166 e. The Morgan fingerprint density at radius 2 is 0.577 bits per heavy atom. The minimum absolute atomic E-state index is 0.515. The molecular weight excluding hydrogens is 867 g/mol. The van der Waals surface area contributed by atoms with Crippen molar-refractivity contribution < 1.29 is 0 Å². The van der Waals surface area contributed by atoms with Gasteiger partial charge in [-0.3, -0.25) is 0 Å². The van der Waals surface area contributed by atoms with Crippen LogP contribution in [0.1, 0.15) is 22.3 Å². The molecule has 7 heteroatoms. The van der Waals surface area contributed by atoms with Crippen LogP contribution in [0.5, 0.6) is 0 Å². The van der Waals surface area contributed by atoms with E-state index in [4.69, 9.17) is 29.9 Å². The Morgan fingerprint density at radius 1 is 0.254 bits per heavy atom. The Balaban J connectivity index is 1.18. The first-order chi connectivity index (χ1) is 34.8. The van der Waals surface area contributed by atoms with E-state index in [2.05, 4.69) is 123 Å². The molecule has 0 atom stereocenters. The standard InChI is InChI=1S/C64H47N7/c1-40-31-41(2)34-51(33-40)48-25-28-53-54-29-26-49(52-35-42(3)32-43(4)36-52)39-58(54)71(57(53)38-48)56-30-27-50(63-67-59(44-17-9-5-10-18-44)65-60(68-63)45-19-11-6-12-20-45)37-55(56)64-69-61(46-21-13-7-14-22-46)66-62(70-64)47-23-15-8-16-24-47/h5-39H,1-4H3. The van der Waals surface area contributed by atoms with E-state index in [1.807, 2.05) is 121 Å². The molecule has 0 spiro atoms. The van der Waals surface area contributed by atoms with Gasteiger partial charge in [-0.1, -0.05) is 204 Å². The molecule has 338 valence electrons. The van der Waals surface area contributed by atoms with E-state index >= 15 is 0 Å². The summed E-state index contributed by atoms with van der Waals surface area (Å²) in [6.07, 6.45) is 0. The molecule has 7 nitrogen and oxygen atoms in total. The summed E-state index contributed by atoms with van der Waals surface area (Å²) >= 11 is 0. The van der Waals surface area contributed by atoms with Crippen molar-refractivity contribution in [2.24, 2.45) is 0 Å². The van der Waals surface area contributed by atoms with E-state index in [0.717, 1.165) is 72.0 Å². The molecule has 9 aromatic carbocycles. The van der Waals surface area contributed by atoms with Gasteiger partial charge in [0.2, 0.25) is 0 Å². The van der Waals surface area contributed by atoms with Crippen LogP contribution in [0.15, 0.2) is 212 Å². The SMILES string of the molecule is Cc1cc(C)cc(-c2ccc3c4ccc(-c5cc(C)cc(C)c5)cc4n(-c4ccc(-c5nc(-c6ccccc6)nc(-c6ccccc6)n5)cc4-c4nc(-c5ccccc5)nc(-c5ccccc5)n4)c3c2)c1. The summed E-state index contributed by atoms with van der Waals surface area (Å²) < 4.78 is 2.40. The summed E-state index contributed by atoms with van der Waals surface area (Å²) in [6, 6.07) is 74.1. The molecule has 3 aromatic heterocycles. The second-order valence-electron chi connectivity index (χ2n) is 18.4. The molecular formula is C64H47N7. The fraction of sp³-hybridized carbons (Fsp3) is 0.0625. The van der Waals surface area contributed by atoms with Crippen LogP contribution in [-0.4, -0.2) is 34.5 Å². The molecule has 12 aromatic rings. The van der Waals surface area contributed by atoms with Crippen LogP contribution < -0.4 is 0 Å². The average Bonchev–Trinajstić information content (AvgIpc) is 3.73. The molecule has 0 aliphatic heterocycles. The number of benzene rings is 9. The summed E-state index contributed by atoms with van der Waals surface area (Å²) in [6.45, 7) is 8.65. The van der Waals surface area contributed by atoms with Crippen molar-refractivity contribution in [2.45, 2.75) is 27.7 Å². The molecule has 0 aliphatic rings. The molecule has 71 heavy (non-hydrogen) atoms. The molecule has 0 fully saturated rings. The molecule has 0 aliphatic carbocycles. The van der Waals surface area contributed by atoms with Gasteiger partial charge in [0, 0.05) is 44.2 Å². The van der Waals surface area contributed by atoms with E-state index in [0.29, 0.717) is 34.9 Å². The number of aromatic nitrogens is 7. The van der Waals surface area contributed by atoms with Gasteiger partial charge in [-0.15, -0.1) is 0 Å². The monoisotopic (exact) mass is 913 g/mol. The van der Waals surface area contributed by atoms with Crippen molar-refractivity contribution in [3.05, 3.63) is 235 Å². The molecule has 0 unspecified atom stereocenters. The number of hydrogen-bond donors (Lipinski definition) is 0. The first-order valence-electron chi connectivity index (χ1n) is 23.9. The Morgan fingerprint density at radius 3 is 0.944 bits per heavy atom. The number of fused-ring (bicyclic) bond motifs is 3. The Labute approximate surface area is 413 Å². The van der Waals surface area contributed by atoms with E-state index in [1.165, 1.54) is 33.4 Å². The normalized spacial score (nSPS) is 11.4. The van der Waals surface area contributed by atoms with E-state index in [1.54, 1.807) is 0 Å². The predicted molar refractivity (Wildman–Crippen MR) is 290 cm³/mol. The zero-order valence-electron chi connectivity index (χ0n) is 39.8. The number of hydrogen-bond acceptors (Lipinski definition) is 6. The van der Waals surface area contributed by atoms with Crippen LogP contribution >= 0.6 is 0 Å². The lowest BCUT2D eigenvalue weighted by atomic mass is 9.98. The van der Waals surface area contributed by atoms with Crippen molar-refractivity contribution >= 4 is 21.8 Å². The van der Waals surface area contributed by atoms with Crippen LogP contribution in [0.2, 0.25) is 0 Å². The van der Waals surface area contributed by atoms with Crippen molar-refractivity contribution in [2.75, 3.05) is 0 Å². The zero-order valence-corrected chi connectivity index (χ0v) is 39.8. The third kappa shape index (κ3) is 8.44. The smallest absolute Gasteiger partial charge is 0.166 e. The summed E-state index contributed by atoms with van der Waals surface area (Å²) in [5, 5.41) is 2.27. The summed E-state index contributed by atoms with van der Waals surface area (Å²) in [7, 11) is 0. The molecule has 3 heterocycles. The third-order valence-electron chi connectivity index (χ3n) is 13.0. The lowest BCUT2D eigenvalue weighted by molar-refractivity contribution is 1.06. The largest absolute Gasteiger partial charge is 0.308 e. The molecule has 0 N–H and O–H groups in total. The molecule has 12 rings (SSSR count). The van der Waals surface area contributed by atoms with Gasteiger partial charge in [-0.25, -0.2) is 29.9 Å². The fourth-order valence-electron chi connectivity index (χ4n) is 9.84. The van der Waals surface area contributed by atoms with Crippen LogP contribution in [0.4, 0.5) is 0 Å². The molecule has 0 amide bonds. The molecule has 0 bridgehead atoms. The Kier molecular flexibility index (Phi) is 10.9. The maximum absolute atomic E-state index is 5.38. The van der Waals surface area contributed by atoms with Gasteiger partial charge in [-0.05, 0) is 80.3 Å². The lowest BCUT2D eigenvalue weighted by Crippen LogP contribution is -2.05. The Bertz CT molecular complexity index is 3700. The van der Waals surface area contributed by atoms with E-state index in [9.17, 15) is 0 Å². The lowest BCUT2D eigenvalue weighted by Gasteiger charge is -2.17. The molecule has 0 saturated carbocycles. The van der Waals surface area contributed by atoms with Crippen LogP contribution in [0, 0.1) is 27.7 Å². The van der Waals surface area contributed by atoms with Gasteiger partial charge in [0.05, 0.1) is 16.7 Å². The number of aryl methyl sites for hydroxylation is 4. The first kappa shape index (κ1) is 43.1. The number of rotatable bonds is 9. The minimum atomic E-state index is 0.515.